The molecule has 2 heterocycles. The lowest BCUT2D eigenvalue weighted by Gasteiger charge is -2.41. The molecule has 2 aliphatic rings. The number of carboxylic acid groups (broad SMARTS) is 1. The minimum atomic E-state index is -1.81. The fourth-order valence-corrected chi connectivity index (χ4v) is 4.20. The summed E-state index contributed by atoms with van der Waals surface area (Å²) in [6, 6.07) is 4.39. The second-order valence-electron chi connectivity index (χ2n) is 9.11. The average molecular weight is 597 g/mol. The zero-order valence-electron chi connectivity index (χ0n) is 22.6. The Bertz CT molecular complexity index is 1220. The topological polar surface area (TPSA) is 228 Å². The number of aromatic hydroxyl groups is 1. The Balaban J connectivity index is 1.84. The van der Waals surface area contributed by atoms with Gasteiger partial charge in [-0.2, -0.15) is 0 Å². The summed E-state index contributed by atoms with van der Waals surface area (Å²) in [6.07, 6.45) is -5.63. The smallest absolute Gasteiger partial charge is 0.335 e. The van der Waals surface area contributed by atoms with E-state index in [0.717, 1.165) is 19.4 Å². The number of methoxy groups -OCH3 is 2. The number of esters is 2. The third-order valence-electron chi connectivity index (χ3n) is 6.48. The molecule has 15 heteroatoms. The van der Waals surface area contributed by atoms with E-state index in [1.807, 2.05) is 0 Å². The Morgan fingerprint density at radius 2 is 1.81 bits per heavy atom. The van der Waals surface area contributed by atoms with Crippen molar-refractivity contribution in [3.8, 4) is 11.5 Å². The molecule has 0 aromatic heterocycles. The molecule has 0 aliphatic carbocycles. The zero-order chi connectivity index (χ0) is 31.0. The number of carboxylic acids is 1. The lowest BCUT2D eigenvalue weighted by molar-refractivity contribution is -0.327. The van der Waals surface area contributed by atoms with Gasteiger partial charge in [-0.15, -0.1) is 0 Å². The van der Waals surface area contributed by atoms with Crippen molar-refractivity contribution in [2.45, 2.75) is 43.4 Å². The summed E-state index contributed by atoms with van der Waals surface area (Å²) < 4.78 is 31.3. The normalized spacial score (nSPS) is 28.6. The van der Waals surface area contributed by atoms with Gasteiger partial charge >= 0.3 is 17.9 Å². The molecule has 3 rings (SSSR count). The van der Waals surface area contributed by atoms with Gasteiger partial charge < -0.3 is 59.1 Å². The molecule has 2 aliphatic heterocycles. The van der Waals surface area contributed by atoms with Crippen molar-refractivity contribution in [2.75, 3.05) is 27.4 Å². The maximum absolute atomic E-state index is 12.3. The molecular weight excluding hydrogens is 564 g/mol. The van der Waals surface area contributed by atoms with Gasteiger partial charge in [-0.1, -0.05) is 6.07 Å². The molecule has 7 atom stereocenters. The molecule has 0 unspecified atom stereocenters. The van der Waals surface area contributed by atoms with E-state index in [0.29, 0.717) is 5.56 Å². The van der Waals surface area contributed by atoms with E-state index in [-0.39, 0.29) is 22.6 Å². The highest BCUT2D eigenvalue weighted by Crippen LogP contribution is 2.36. The number of carbonyl (C=O) groups excluding carboxylic acids is 2. The van der Waals surface area contributed by atoms with Crippen LogP contribution in [-0.4, -0.2) is 113 Å². The first-order chi connectivity index (χ1) is 20.0. The Hall–Kier alpha value is -3.99. The van der Waals surface area contributed by atoms with Crippen molar-refractivity contribution < 1.29 is 73.4 Å². The summed E-state index contributed by atoms with van der Waals surface area (Å²) in [5.41, 5.74) is 0.146. The van der Waals surface area contributed by atoms with E-state index in [1.165, 1.54) is 37.5 Å². The summed E-state index contributed by atoms with van der Waals surface area (Å²) in [7, 11) is 2.47. The number of ether oxygens (including phenoxy) is 6. The molecule has 0 radical (unpaired) electrons. The first-order valence-electron chi connectivity index (χ1n) is 12.5. The molecule has 15 nitrogen and oxygen atoms in total. The van der Waals surface area contributed by atoms with Gasteiger partial charge in [-0.05, 0) is 29.8 Å². The molecule has 0 saturated carbocycles. The predicted molar refractivity (Wildman–Crippen MR) is 138 cm³/mol. The number of hydrogen-bond acceptors (Lipinski definition) is 14. The van der Waals surface area contributed by atoms with Crippen molar-refractivity contribution in [2.24, 2.45) is 5.92 Å². The summed E-state index contributed by atoms with van der Waals surface area (Å²) in [6.45, 7) is -1.17. The highest BCUT2D eigenvalue weighted by molar-refractivity contribution is 5.89. The van der Waals surface area contributed by atoms with Gasteiger partial charge in [-0.25, -0.2) is 9.59 Å². The molecule has 230 valence electrons. The van der Waals surface area contributed by atoms with Gasteiger partial charge in [0.05, 0.1) is 39.1 Å². The second kappa shape index (κ2) is 14.8. The Morgan fingerprint density at radius 3 is 2.45 bits per heavy atom. The van der Waals surface area contributed by atoms with Crippen LogP contribution in [0.4, 0.5) is 0 Å². The number of phenolic OH excluding ortho intramolecular Hbond substituents is 1. The molecule has 0 bridgehead atoms. The van der Waals surface area contributed by atoms with Crippen molar-refractivity contribution in [3.05, 3.63) is 53.3 Å². The Kier molecular flexibility index (Phi) is 11.4. The van der Waals surface area contributed by atoms with Crippen molar-refractivity contribution >= 4 is 24.0 Å². The fraction of sp³-hybridized carbons (Fsp3) is 0.444. The Labute approximate surface area is 239 Å². The molecule has 0 spiro atoms. The first-order valence-corrected chi connectivity index (χ1v) is 12.5. The zero-order valence-corrected chi connectivity index (χ0v) is 22.6. The van der Waals surface area contributed by atoms with Gasteiger partial charge in [0, 0.05) is 17.6 Å². The molecule has 1 aromatic carbocycles. The SMILES string of the molecule is COC(=O)C[C@@H]1C(C(=O)O)=CO[C@@H](O[C@@H]2O[C@H](CO)[C@@H](O)[C@H](O)[C@H]2O)/C1=C\COC(=O)/C=C/c1ccc(O)c(OC)c1. The number of benzene rings is 1. The van der Waals surface area contributed by atoms with Crippen molar-refractivity contribution in [1.82, 2.24) is 0 Å². The van der Waals surface area contributed by atoms with Gasteiger partial charge in [0.1, 0.15) is 31.0 Å². The van der Waals surface area contributed by atoms with Crippen molar-refractivity contribution in [3.63, 3.8) is 0 Å². The molecule has 0 amide bonds. The number of phenols is 1. The van der Waals surface area contributed by atoms with Gasteiger partial charge in [0.2, 0.25) is 6.29 Å². The van der Waals surface area contributed by atoms with Gasteiger partial charge in [-0.3, -0.25) is 4.79 Å². The largest absolute Gasteiger partial charge is 0.504 e. The molecule has 1 saturated heterocycles. The maximum atomic E-state index is 12.3. The number of carbonyl (C=O) groups is 3. The van der Waals surface area contributed by atoms with Crippen LogP contribution in [0, 0.1) is 5.92 Å². The first kappa shape index (κ1) is 32.5. The highest BCUT2D eigenvalue weighted by atomic mass is 16.8. The molecule has 6 N–H and O–H groups in total. The molecule has 1 aromatic rings. The van der Waals surface area contributed by atoms with Crippen LogP contribution in [0.1, 0.15) is 12.0 Å². The minimum Gasteiger partial charge on any atom is -0.504 e. The van der Waals surface area contributed by atoms with E-state index in [4.69, 9.17) is 23.7 Å². The summed E-state index contributed by atoms with van der Waals surface area (Å²) in [5, 5.41) is 59.4. The summed E-state index contributed by atoms with van der Waals surface area (Å²) in [4.78, 5) is 36.4. The van der Waals surface area contributed by atoms with E-state index < -0.39 is 80.5 Å². The lowest BCUT2D eigenvalue weighted by atomic mass is 9.86. The number of aliphatic hydroxyl groups is 4. The molecule has 42 heavy (non-hydrogen) atoms. The number of hydrogen-bond donors (Lipinski definition) is 6. The standard InChI is InChI=1S/C27H32O15/c1-37-18-9-13(3-5-17(18)29)4-6-20(30)39-8-7-14-15(10-21(31)38-2)16(25(35)36)12-40-26(14)42-27-24(34)23(33)22(32)19(11-28)41-27/h3-7,9,12,15,19,22-24,26-29,32-34H,8,10-11H2,1-2H3,(H,35,36)/b6-4+,14-7-/t15-,19+,22+,23-,24+,26-,27-/m0/s1. The van der Waals surface area contributed by atoms with Crippen LogP contribution in [0.3, 0.4) is 0 Å². The summed E-state index contributed by atoms with van der Waals surface area (Å²) in [5.74, 6) is -4.11. The predicted octanol–water partition coefficient (Wildman–Crippen LogP) is -0.796. The van der Waals surface area contributed by atoms with E-state index in [1.54, 1.807) is 0 Å². The van der Waals surface area contributed by atoms with Gasteiger partial charge in [0.25, 0.3) is 0 Å². The maximum Gasteiger partial charge on any atom is 0.335 e. The lowest BCUT2D eigenvalue weighted by Crippen LogP contribution is -2.60. The van der Waals surface area contributed by atoms with Crippen molar-refractivity contribution in [1.29, 1.82) is 0 Å². The van der Waals surface area contributed by atoms with Crippen LogP contribution >= 0.6 is 0 Å². The van der Waals surface area contributed by atoms with Crippen LogP contribution < -0.4 is 4.74 Å². The third kappa shape index (κ3) is 7.84. The van der Waals surface area contributed by atoms with Crippen LogP contribution in [0.5, 0.6) is 11.5 Å². The van der Waals surface area contributed by atoms with Crippen LogP contribution in [-0.2, 0) is 38.1 Å². The number of aliphatic carboxylic acids is 1. The summed E-state index contributed by atoms with van der Waals surface area (Å²) >= 11 is 0. The van der Waals surface area contributed by atoms with E-state index in [2.05, 4.69) is 4.74 Å². The van der Waals surface area contributed by atoms with E-state index >= 15 is 0 Å². The Morgan fingerprint density at radius 1 is 1.07 bits per heavy atom. The third-order valence-corrected chi connectivity index (χ3v) is 6.48. The minimum absolute atomic E-state index is 0.0164. The molecular formula is C27H32O15. The molecule has 1 fully saturated rings. The fourth-order valence-electron chi connectivity index (χ4n) is 4.20. The van der Waals surface area contributed by atoms with Crippen LogP contribution in [0.15, 0.2) is 47.8 Å². The quantitative estimate of drug-likeness (QED) is 0.104. The monoisotopic (exact) mass is 596 g/mol. The van der Waals surface area contributed by atoms with Crippen LogP contribution in [0.25, 0.3) is 6.08 Å². The average Bonchev–Trinajstić information content (AvgIpc) is 2.97. The van der Waals surface area contributed by atoms with Gasteiger partial charge in [0.15, 0.2) is 17.8 Å². The van der Waals surface area contributed by atoms with E-state index in [9.17, 15) is 45.0 Å². The number of aliphatic hydroxyl groups excluding tert-OH is 4. The highest BCUT2D eigenvalue weighted by Gasteiger charge is 2.46. The number of rotatable bonds is 11. The van der Waals surface area contributed by atoms with Crippen LogP contribution in [0.2, 0.25) is 0 Å². The second-order valence-corrected chi connectivity index (χ2v) is 9.11.